The van der Waals surface area contributed by atoms with Crippen molar-refractivity contribution in [2.75, 3.05) is 39.3 Å². The second-order valence-corrected chi connectivity index (χ2v) is 5.39. The third-order valence-corrected chi connectivity index (χ3v) is 3.80. The molecule has 0 aromatic rings. The Bertz CT molecular complexity index is 295. The molecule has 2 N–H and O–H groups in total. The molecule has 0 saturated carbocycles. The number of hydrogen-bond donors (Lipinski definition) is 2. The molecule has 2 aliphatic rings. The van der Waals surface area contributed by atoms with Crippen molar-refractivity contribution in [1.82, 2.24) is 15.5 Å². The first-order valence-electron chi connectivity index (χ1n) is 7.71. The molecular formula is C14H28N4O. The van der Waals surface area contributed by atoms with Crippen molar-refractivity contribution < 1.29 is 4.74 Å². The predicted octanol–water partition coefficient (Wildman–Crippen LogP) is 0.815. The van der Waals surface area contributed by atoms with Gasteiger partial charge >= 0.3 is 0 Å². The number of hydrogen-bond acceptors (Lipinski definition) is 3. The van der Waals surface area contributed by atoms with Crippen molar-refractivity contribution in [3.8, 4) is 0 Å². The lowest BCUT2D eigenvalue weighted by molar-refractivity contribution is -0.0432. The minimum atomic E-state index is 0.256. The third kappa shape index (κ3) is 4.35. The van der Waals surface area contributed by atoms with E-state index in [0.29, 0.717) is 6.04 Å². The van der Waals surface area contributed by atoms with E-state index < -0.39 is 0 Å². The van der Waals surface area contributed by atoms with Crippen LogP contribution in [0.5, 0.6) is 0 Å². The van der Waals surface area contributed by atoms with Gasteiger partial charge in [-0.2, -0.15) is 0 Å². The van der Waals surface area contributed by atoms with Gasteiger partial charge in [0.05, 0.1) is 19.3 Å². The summed E-state index contributed by atoms with van der Waals surface area (Å²) in [6.45, 7) is 10.0. The van der Waals surface area contributed by atoms with Gasteiger partial charge in [0.15, 0.2) is 5.96 Å². The number of nitrogens with zero attached hydrogens (tertiary/aromatic N) is 2. The summed E-state index contributed by atoms with van der Waals surface area (Å²) in [5, 5.41) is 6.60. The molecule has 0 amide bonds. The maximum atomic E-state index is 5.92. The summed E-state index contributed by atoms with van der Waals surface area (Å²) in [5.74, 6) is 0.913. The van der Waals surface area contributed by atoms with Crippen LogP contribution in [0.1, 0.15) is 33.1 Å². The van der Waals surface area contributed by atoms with Gasteiger partial charge < -0.3 is 15.4 Å². The molecule has 0 radical (unpaired) electrons. The van der Waals surface area contributed by atoms with Crippen molar-refractivity contribution in [3.63, 3.8) is 0 Å². The number of nitrogens with one attached hydrogen (secondary N) is 2. The monoisotopic (exact) mass is 268 g/mol. The lowest BCUT2D eigenvalue weighted by Gasteiger charge is -2.34. The molecule has 0 aliphatic carbocycles. The molecule has 0 aromatic carbocycles. The Morgan fingerprint density at radius 2 is 2.26 bits per heavy atom. The molecule has 0 bridgehead atoms. The second kappa shape index (κ2) is 7.70. The molecule has 0 spiro atoms. The molecule has 110 valence electrons. The summed E-state index contributed by atoms with van der Waals surface area (Å²) in [6.07, 6.45) is 3.99. The molecule has 0 aromatic heterocycles. The quantitative estimate of drug-likeness (QED) is 0.572. The average molecular weight is 268 g/mol. The Balaban J connectivity index is 1.78. The predicted molar refractivity (Wildman–Crippen MR) is 78.6 cm³/mol. The van der Waals surface area contributed by atoms with E-state index in [0.717, 1.165) is 45.2 Å². The summed E-state index contributed by atoms with van der Waals surface area (Å²) in [5.41, 5.74) is 0. The van der Waals surface area contributed by atoms with Crippen LogP contribution in [0.4, 0.5) is 0 Å². The zero-order chi connectivity index (χ0) is 13.5. The van der Waals surface area contributed by atoms with E-state index in [4.69, 9.17) is 4.74 Å². The highest BCUT2D eigenvalue weighted by molar-refractivity contribution is 5.79. The van der Waals surface area contributed by atoms with E-state index in [1.807, 2.05) is 0 Å². The van der Waals surface area contributed by atoms with Crippen LogP contribution in [0.3, 0.4) is 0 Å². The minimum absolute atomic E-state index is 0.256. The van der Waals surface area contributed by atoms with Crippen molar-refractivity contribution in [1.29, 1.82) is 0 Å². The number of ether oxygens (including phenoxy) is 1. The van der Waals surface area contributed by atoms with Gasteiger partial charge in [0.1, 0.15) is 0 Å². The molecule has 19 heavy (non-hydrogen) atoms. The van der Waals surface area contributed by atoms with Gasteiger partial charge in [-0.3, -0.25) is 9.89 Å². The highest BCUT2D eigenvalue weighted by atomic mass is 16.5. The average Bonchev–Trinajstić information content (AvgIpc) is 2.89. The summed E-state index contributed by atoms with van der Waals surface area (Å²) < 4.78 is 5.92. The molecular weight excluding hydrogens is 240 g/mol. The van der Waals surface area contributed by atoms with Crippen LogP contribution in [0.25, 0.3) is 0 Å². The van der Waals surface area contributed by atoms with Crippen LogP contribution in [0, 0.1) is 0 Å². The third-order valence-electron chi connectivity index (χ3n) is 3.80. The fourth-order valence-electron chi connectivity index (χ4n) is 2.77. The lowest BCUT2D eigenvalue weighted by atomic mass is 10.2. The first-order valence-corrected chi connectivity index (χ1v) is 7.71. The standard InChI is InChI=1S/C14H28N4O/c1-3-7-16-14(15-4-2)17-9-13-10-18-8-5-6-12(18)11-19-13/h12-13H,3-11H2,1-2H3,(H2,15,16,17). The molecule has 2 unspecified atom stereocenters. The number of rotatable bonds is 5. The molecule has 2 saturated heterocycles. The molecule has 2 fully saturated rings. The van der Waals surface area contributed by atoms with Gasteiger partial charge in [-0.25, -0.2) is 0 Å². The number of guanidine groups is 1. The molecule has 5 heteroatoms. The Morgan fingerprint density at radius 3 is 3.05 bits per heavy atom. The fraction of sp³-hybridized carbons (Fsp3) is 0.929. The summed E-state index contributed by atoms with van der Waals surface area (Å²) in [7, 11) is 0. The van der Waals surface area contributed by atoms with Crippen molar-refractivity contribution in [2.24, 2.45) is 4.99 Å². The van der Waals surface area contributed by atoms with Crippen LogP contribution in [0.15, 0.2) is 4.99 Å². The van der Waals surface area contributed by atoms with Crippen LogP contribution in [-0.2, 0) is 4.74 Å². The van der Waals surface area contributed by atoms with E-state index in [1.54, 1.807) is 0 Å². The second-order valence-electron chi connectivity index (χ2n) is 5.39. The summed E-state index contributed by atoms with van der Waals surface area (Å²) in [6, 6.07) is 0.673. The van der Waals surface area contributed by atoms with Crippen LogP contribution in [-0.4, -0.2) is 62.3 Å². The maximum Gasteiger partial charge on any atom is 0.191 e. The van der Waals surface area contributed by atoms with Gasteiger partial charge in [0.2, 0.25) is 0 Å². The molecule has 5 nitrogen and oxygen atoms in total. The van der Waals surface area contributed by atoms with E-state index in [1.165, 1.54) is 19.4 Å². The Hall–Kier alpha value is -0.810. The van der Waals surface area contributed by atoms with Crippen molar-refractivity contribution in [3.05, 3.63) is 0 Å². The molecule has 2 rings (SSSR count). The first-order chi connectivity index (χ1) is 9.33. The van der Waals surface area contributed by atoms with Crippen molar-refractivity contribution in [2.45, 2.75) is 45.3 Å². The lowest BCUT2D eigenvalue weighted by Crippen LogP contribution is -2.47. The van der Waals surface area contributed by atoms with E-state index in [2.05, 4.69) is 34.4 Å². The zero-order valence-electron chi connectivity index (χ0n) is 12.3. The first kappa shape index (κ1) is 14.6. The van der Waals surface area contributed by atoms with E-state index in [-0.39, 0.29) is 6.10 Å². The molecule has 2 heterocycles. The largest absolute Gasteiger partial charge is 0.373 e. The highest BCUT2D eigenvalue weighted by Gasteiger charge is 2.31. The smallest absolute Gasteiger partial charge is 0.191 e. The normalized spacial score (nSPS) is 28.2. The minimum Gasteiger partial charge on any atom is -0.373 e. The van der Waals surface area contributed by atoms with Gasteiger partial charge in [0, 0.05) is 25.7 Å². The Morgan fingerprint density at radius 1 is 1.37 bits per heavy atom. The highest BCUT2D eigenvalue weighted by Crippen LogP contribution is 2.22. The summed E-state index contributed by atoms with van der Waals surface area (Å²) in [4.78, 5) is 7.20. The van der Waals surface area contributed by atoms with Gasteiger partial charge in [0.25, 0.3) is 0 Å². The van der Waals surface area contributed by atoms with Crippen LogP contribution < -0.4 is 10.6 Å². The molecule has 2 atom stereocenters. The maximum absolute atomic E-state index is 5.92. The van der Waals surface area contributed by atoms with Gasteiger partial charge in [-0.1, -0.05) is 6.92 Å². The zero-order valence-corrected chi connectivity index (χ0v) is 12.3. The SMILES string of the molecule is CCCNC(=NCC1CN2CCCC2CO1)NCC. The van der Waals surface area contributed by atoms with E-state index in [9.17, 15) is 0 Å². The van der Waals surface area contributed by atoms with Crippen LogP contribution in [0.2, 0.25) is 0 Å². The Kier molecular flexibility index (Phi) is 5.92. The topological polar surface area (TPSA) is 48.9 Å². The molecule has 2 aliphatic heterocycles. The van der Waals surface area contributed by atoms with Crippen molar-refractivity contribution >= 4 is 5.96 Å². The fourth-order valence-corrected chi connectivity index (χ4v) is 2.77. The van der Waals surface area contributed by atoms with Gasteiger partial charge in [-0.05, 0) is 32.7 Å². The Labute approximate surface area is 116 Å². The van der Waals surface area contributed by atoms with Crippen LogP contribution >= 0.6 is 0 Å². The van der Waals surface area contributed by atoms with E-state index >= 15 is 0 Å². The van der Waals surface area contributed by atoms with Gasteiger partial charge in [-0.15, -0.1) is 0 Å². The summed E-state index contributed by atoms with van der Waals surface area (Å²) >= 11 is 0. The number of aliphatic imine (C=N–C) groups is 1. The number of morpholine rings is 1. The number of fused-ring (bicyclic) bond motifs is 1.